The van der Waals surface area contributed by atoms with Crippen LogP contribution >= 0.6 is 11.8 Å². The summed E-state index contributed by atoms with van der Waals surface area (Å²) in [5, 5.41) is 0. The van der Waals surface area contributed by atoms with Gasteiger partial charge in [-0.05, 0) is 49.1 Å². The molecule has 7 nitrogen and oxygen atoms in total. The largest absolute Gasteiger partial charge is 0.497 e. The summed E-state index contributed by atoms with van der Waals surface area (Å²) in [5.41, 5.74) is 0.423. The number of urea groups is 1. The van der Waals surface area contributed by atoms with E-state index in [-0.39, 0.29) is 11.9 Å². The molecule has 3 fully saturated rings. The molecule has 0 bridgehead atoms. The zero-order valence-corrected chi connectivity index (χ0v) is 19.4. The second-order valence-electron chi connectivity index (χ2n) is 8.57. The van der Waals surface area contributed by atoms with Crippen molar-refractivity contribution in [2.75, 3.05) is 58.5 Å². The van der Waals surface area contributed by atoms with Crippen LogP contribution in [0.5, 0.6) is 5.75 Å². The Morgan fingerprint density at radius 1 is 1.10 bits per heavy atom. The Hall–Kier alpha value is -1.77. The highest BCUT2D eigenvalue weighted by molar-refractivity contribution is 7.99. The van der Waals surface area contributed by atoms with Crippen molar-refractivity contribution in [2.45, 2.75) is 37.3 Å². The van der Waals surface area contributed by atoms with Gasteiger partial charge in [0.1, 0.15) is 11.3 Å². The van der Waals surface area contributed by atoms with Crippen molar-refractivity contribution >= 4 is 23.7 Å². The van der Waals surface area contributed by atoms with Crippen LogP contribution in [0.4, 0.5) is 4.79 Å². The average molecular weight is 448 g/mol. The van der Waals surface area contributed by atoms with Gasteiger partial charge in [0.2, 0.25) is 0 Å². The van der Waals surface area contributed by atoms with Gasteiger partial charge in [-0.1, -0.05) is 12.1 Å². The molecule has 3 saturated heterocycles. The highest BCUT2D eigenvalue weighted by Gasteiger charge is 2.57. The molecule has 31 heavy (non-hydrogen) atoms. The normalized spacial score (nSPS) is 23.9. The summed E-state index contributed by atoms with van der Waals surface area (Å²) < 4.78 is 10.4. The topological polar surface area (TPSA) is 62.3 Å². The molecule has 0 N–H and O–H groups in total. The molecule has 3 heterocycles. The number of methoxy groups -OCH3 is 2. The predicted molar refractivity (Wildman–Crippen MR) is 122 cm³/mol. The Morgan fingerprint density at radius 3 is 2.45 bits per heavy atom. The number of ether oxygens (including phenoxy) is 2. The first-order valence-electron chi connectivity index (χ1n) is 11.2. The van der Waals surface area contributed by atoms with E-state index in [1.54, 1.807) is 14.2 Å². The number of piperidine rings is 1. The Kier molecular flexibility index (Phi) is 7.08. The third kappa shape index (κ3) is 4.43. The molecule has 8 heteroatoms. The van der Waals surface area contributed by atoms with Crippen molar-refractivity contribution in [1.29, 1.82) is 0 Å². The number of hydrogen-bond acceptors (Lipinski definition) is 6. The molecule has 1 atom stereocenters. The molecule has 1 aromatic carbocycles. The van der Waals surface area contributed by atoms with Crippen LogP contribution in [-0.4, -0.2) is 96.7 Å². The van der Waals surface area contributed by atoms with E-state index in [1.165, 1.54) is 22.8 Å². The summed E-state index contributed by atoms with van der Waals surface area (Å²) in [7, 11) is 3.25. The lowest BCUT2D eigenvalue weighted by atomic mass is 9.85. The van der Waals surface area contributed by atoms with Crippen molar-refractivity contribution in [3.8, 4) is 5.75 Å². The van der Waals surface area contributed by atoms with E-state index in [0.717, 1.165) is 24.4 Å². The maximum atomic E-state index is 13.5. The van der Waals surface area contributed by atoms with Gasteiger partial charge in [0.15, 0.2) is 0 Å². The van der Waals surface area contributed by atoms with Crippen LogP contribution < -0.4 is 4.74 Å². The SMILES string of the molecule is COCCN1C(=O)N(CCc2ccc(OC)cc2)C2(CCN([C@@H]3CCSC3)CC2)C1=O. The summed E-state index contributed by atoms with van der Waals surface area (Å²) in [4.78, 5) is 32.6. The van der Waals surface area contributed by atoms with E-state index < -0.39 is 5.54 Å². The van der Waals surface area contributed by atoms with Crippen LogP contribution in [0.25, 0.3) is 0 Å². The van der Waals surface area contributed by atoms with Gasteiger partial charge in [0.25, 0.3) is 5.91 Å². The highest BCUT2D eigenvalue weighted by atomic mass is 32.2. The number of benzene rings is 1. The average Bonchev–Trinajstić information content (AvgIpc) is 3.40. The van der Waals surface area contributed by atoms with Crippen molar-refractivity contribution in [3.63, 3.8) is 0 Å². The van der Waals surface area contributed by atoms with E-state index in [1.807, 2.05) is 40.9 Å². The monoisotopic (exact) mass is 447 g/mol. The number of nitrogens with zero attached hydrogens (tertiary/aromatic N) is 3. The maximum absolute atomic E-state index is 13.5. The number of amides is 3. The van der Waals surface area contributed by atoms with Crippen molar-refractivity contribution in [1.82, 2.24) is 14.7 Å². The molecular formula is C23H33N3O4S. The fraction of sp³-hybridized carbons (Fsp3) is 0.652. The van der Waals surface area contributed by atoms with Crippen molar-refractivity contribution in [2.24, 2.45) is 0 Å². The molecule has 0 aliphatic carbocycles. The summed E-state index contributed by atoms with van der Waals surface area (Å²) >= 11 is 2.01. The number of carbonyl (C=O) groups excluding carboxylic acids is 2. The minimum Gasteiger partial charge on any atom is -0.497 e. The fourth-order valence-corrected chi connectivity index (χ4v) is 6.31. The van der Waals surface area contributed by atoms with E-state index in [2.05, 4.69) is 4.90 Å². The Bertz CT molecular complexity index is 774. The number of carbonyl (C=O) groups is 2. The number of likely N-dealkylation sites (tertiary alicyclic amines) is 1. The molecule has 170 valence electrons. The Balaban J connectivity index is 1.49. The molecule has 0 radical (unpaired) electrons. The first-order valence-corrected chi connectivity index (χ1v) is 12.3. The zero-order valence-electron chi connectivity index (χ0n) is 18.5. The summed E-state index contributed by atoms with van der Waals surface area (Å²) in [5.74, 6) is 3.18. The second-order valence-corrected chi connectivity index (χ2v) is 9.72. The van der Waals surface area contributed by atoms with Gasteiger partial charge >= 0.3 is 6.03 Å². The molecular weight excluding hydrogens is 414 g/mol. The summed E-state index contributed by atoms with van der Waals surface area (Å²) in [6.45, 7) is 2.98. The van der Waals surface area contributed by atoms with Crippen LogP contribution in [0.1, 0.15) is 24.8 Å². The van der Waals surface area contributed by atoms with Gasteiger partial charge in [0, 0.05) is 38.5 Å². The lowest BCUT2D eigenvalue weighted by Crippen LogP contribution is -2.58. The van der Waals surface area contributed by atoms with Crippen LogP contribution in [-0.2, 0) is 16.0 Å². The predicted octanol–water partition coefficient (Wildman–Crippen LogP) is 2.49. The Labute approximate surface area is 189 Å². The lowest BCUT2D eigenvalue weighted by Gasteiger charge is -2.44. The molecule has 3 aliphatic rings. The van der Waals surface area contributed by atoms with Crippen molar-refractivity contribution < 1.29 is 19.1 Å². The molecule has 4 rings (SSSR count). The first-order chi connectivity index (χ1) is 15.1. The quantitative estimate of drug-likeness (QED) is 0.571. The van der Waals surface area contributed by atoms with Gasteiger partial charge < -0.3 is 14.4 Å². The lowest BCUT2D eigenvalue weighted by molar-refractivity contribution is -0.136. The van der Waals surface area contributed by atoms with Crippen LogP contribution in [0, 0.1) is 0 Å². The van der Waals surface area contributed by atoms with Crippen LogP contribution in [0.2, 0.25) is 0 Å². The molecule has 0 saturated carbocycles. The van der Waals surface area contributed by atoms with E-state index in [0.29, 0.717) is 45.0 Å². The van der Waals surface area contributed by atoms with E-state index in [4.69, 9.17) is 9.47 Å². The molecule has 0 unspecified atom stereocenters. The minimum atomic E-state index is -0.709. The van der Waals surface area contributed by atoms with E-state index >= 15 is 0 Å². The standard InChI is InChI=1S/C23H33N3O4S/c1-29-15-14-25-21(27)23(9-12-24(13-10-23)19-8-16-31-17-19)26(22(25)28)11-7-18-3-5-20(30-2)6-4-18/h3-6,19H,7-17H2,1-2H3/t19-/m1/s1. The van der Waals surface area contributed by atoms with Gasteiger partial charge in [-0.2, -0.15) is 11.8 Å². The van der Waals surface area contributed by atoms with Crippen LogP contribution in [0.15, 0.2) is 24.3 Å². The molecule has 1 aromatic rings. The van der Waals surface area contributed by atoms with Crippen LogP contribution in [0.3, 0.4) is 0 Å². The maximum Gasteiger partial charge on any atom is 0.327 e. The summed E-state index contributed by atoms with van der Waals surface area (Å²) in [6, 6.07) is 8.37. The van der Waals surface area contributed by atoms with Crippen molar-refractivity contribution in [3.05, 3.63) is 29.8 Å². The minimum absolute atomic E-state index is 0.0373. The van der Waals surface area contributed by atoms with Gasteiger partial charge in [-0.3, -0.25) is 14.6 Å². The number of rotatable bonds is 8. The third-order valence-corrected chi connectivity index (χ3v) is 8.12. The van der Waals surface area contributed by atoms with Gasteiger partial charge in [-0.25, -0.2) is 4.79 Å². The molecule has 3 amide bonds. The summed E-state index contributed by atoms with van der Waals surface area (Å²) in [6.07, 6.45) is 3.37. The number of thioether (sulfide) groups is 1. The third-order valence-electron chi connectivity index (χ3n) is 6.97. The van der Waals surface area contributed by atoms with Gasteiger partial charge in [-0.15, -0.1) is 0 Å². The smallest absolute Gasteiger partial charge is 0.327 e. The molecule has 3 aliphatic heterocycles. The Morgan fingerprint density at radius 2 is 1.84 bits per heavy atom. The highest BCUT2D eigenvalue weighted by Crippen LogP contribution is 2.39. The van der Waals surface area contributed by atoms with E-state index in [9.17, 15) is 9.59 Å². The first kappa shape index (κ1) is 22.4. The zero-order chi connectivity index (χ0) is 21.8. The number of hydrogen-bond donors (Lipinski definition) is 0. The molecule has 1 spiro atoms. The second kappa shape index (κ2) is 9.79. The molecule has 0 aromatic heterocycles. The van der Waals surface area contributed by atoms with Gasteiger partial charge in [0.05, 0.1) is 20.3 Å². The number of imide groups is 1. The fourth-order valence-electron chi connectivity index (χ4n) is 5.06.